The molecule has 0 unspecified atom stereocenters. The molecule has 1 fully saturated rings. The summed E-state index contributed by atoms with van der Waals surface area (Å²) in [5.41, 5.74) is 4.47. The molecule has 0 aliphatic carbocycles. The number of hydrogen-bond acceptors (Lipinski definition) is 2. The van der Waals surface area contributed by atoms with Crippen LogP contribution in [0.5, 0.6) is 0 Å². The van der Waals surface area contributed by atoms with E-state index in [1.54, 1.807) is 0 Å². The molecule has 140 valence electrons. The van der Waals surface area contributed by atoms with Gasteiger partial charge in [-0.15, -0.1) is 0 Å². The van der Waals surface area contributed by atoms with E-state index in [0.717, 1.165) is 30.0 Å². The van der Waals surface area contributed by atoms with Crippen molar-refractivity contribution in [1.29, 1.82) is 0 Å². The van der Waals surface area contributed by atoms with Gasteiger partial charge in [0.15, 0.2) is 0 Å². The summed E-state index contributed by atoms with van der Waals surface area (Å²) in [5, 5.41) is 0. The van der Waals surface area contributed by atoms with E-state index in [9.17, 15) is 4.79 Å². The predicted molar refractivity (Wildman–Crippen MR) is 110 cm³/mol. The summed E-state index contributed by atoms with van der Waals surface area (Å²) in [6, 6.07) is 16.6. The van der Waals surface area contributed by atoms with Crippen LogP contribution in [0.4, 0.5) is 5.69 Å². The Morgan fingerprint density at radius 2 is 1.85 bits per heavy atom. The first kappa shape index (κ1) is 17.8. The number of aryl methyl sites for hydroxylation is 1. The Morgan fingerprint density at radius 1 is 1.11 bits per heavy atom. The zero-order valence-electron chi connectivity index (χ0n) is 16.4. The molecule has 1 saturated heterocycles. The van der Waals surface area contributed by atoms with Crippen LogP contribution in [-0.2, 0) is 17.8 Å². The molecule has 0 spiro atoms. The average Bonchev–Trinajstić information content (AvgIpc) is 3.22. The Kier molecular flexibility index (Phi) is 4.73. The van der Waals surface area contributed by atoms with Crippen LogP contribution in [-0.4, -0.2) is 22.0 Å². The number of carbonyl (C=O) groups is 1. The molecule has 0 N–H and O–H groups in total. The van der Waals surface area contributed by atoms with Crippen LogP contribution in [0.1, 0.15) is 44.5 Å². The molecule has 4 rings (SSSR count). The van der Waals surface area contributed by atoms with Crippen molar-refractivity contribution >= 4 is 22.6 Å². The van der Waals surface area contributed by atoms with Crippen LogP contribution in [0.25, 0.3) is 11.0 Å². The third-order valence-corrected chi connectivity index (χ3v) is 5.38. The van der Waals surface area contributed by atoms with Gasteiger partial charge in [0, 0.05) is 31.1 Å². The van der Waals surface area contributed by atoms with Gasteiger partial charge in [-0.1, -0.05) is 45.0 Å². The highest BCUT2D eigenvalue weighted by molar-refractivity contribution is 5.96. The lowest BCUT2D eigenvalue weighted by molar-refractivity contribution is -0.117. The summed E-state index contributed by atoms with van der Waals surface area (Å²) < 4.78 is 2.32. The van der Waals surface area contributed by atoms with E-state index in [1.807, 2.05) is 11.0 Å². The summed E-state index contributed by atoms with van der Waals surface area (Å²) in [6.07, 6.45) is 1.53. The van der Waals surface area contributed by atoms with Gasteiger partial charge in [-0.25, -0.2) is 4.98 Å². The van der Waals surface area contributed by atoms with Crippen LogP contribution in [0.2, 0.25) is 0 Å². The van der Waals surface area contributed by atoms with Crippen molar-refractivity contribution in [3.05, 3.63) is 59.9 Å². The van der Waals surface area contributed by atoms with Crippen molar-refractivity contribution in [1.82, 2.24) is 9.55 Å². The van der Waals surface area contributed by atoms with Gasteiger partial charge in [0.25, 0.3) is 0 Å². The second-order valence-corrected chi connectivity index (χ2v) is 7.89. The monoisotopic (exact) mass is 361 g/mol. The Labute approximate surface area is 160 Å². The maximum atomic E-state index is 12.8. The summed E-state index contributed by atoms with van der Waals surface area (Å²) in [4.78, 5) is 19.6. The third-order valence-electron chi connectivity index (χ3n) is 5.38. The number of rotatable bonds is 5. The summed E-state index contributed by atoms with van der Waals surface area (Å²) in [6.45, 7) is 8.21. The van der Waals surface area contributed by atoms with Crippen LogP contribution >= 0.6 is 0 Å². The van der Waals surface area contributed by atoms with Gasteiger partial charge < -0.3 is 9.47 Å². The highest BCUT2D eigenvalue weighted by Gasteiger charge is 2.34. The number of imidazole rings is 1. The standard InChI is InChI=1S/C23H27N3O/c1-4-17-9-11-19(12-10-17)25-15-18(13-22(25)27)23-24-20-7-5-6-8-21(20)26(23)14-16(2)3/h5-12,16,18H,4,13-15H2,1-3H3/t18-/m0/s1. The lowest BCUT2D eigenvalue weighted by atomic mass is 10.1. The number of amides is 1. The lowest BCUT2D eigenvalue weighted by Crippen LogP contribution is -2.24. The molecule has 1 atom stereocenters. The van der Waals surface area contributed by atoms with E-state index < -0.39 is 0 Å². The van der Waals surface area contributed by atoms with E-state index in [4.69, 9.17) is 4.98 Å². The third kappa shape index (κ3) is 3.36. The summed E-state index contributed by atoms with van der Waals surface area (Å²) in [5.74, 6) is 1.89. The highest BCUT2D eigenvalue weighted by atomic mass is 16.2. The molecule has 1 aliphatic rings. The van der Waals surface area contributed by atoms with E-state index in [0.29, 0.717) is 18.9 Å². The Hall–Kier alpha value is -2.62. The minimum atomic E-state index is 0.134. The van der Waals surface area contributed by atoms with E-state index >= 15 is 0 Å². The lowest BCUT2D eigenvalue weighted by Gasteiger charge is -2.18. The Balaban J connectivity index is 1.67. The summed E-state index contributed by atoms with van der Waals surface area (Å²) in [7, 11) is 0. The zero-order valence-corrected chi connectivity index (χ0v) is 16.4. The Bertz CT molecular complexity index is 955. The highest BCUT2D eigenvalue weighted by Crippen LogP contribution is 2.33. The van der Waals surface area contributed by atoms with Crippen molar-refractivity contribution in [2.24, 2.45) is 5.92 Å². The fourth-order valence-corrected chi connectivity index (χ4v) is 4.00. The van der Waals surface area contributed by atoms with E-state index in [1.165, 1.54) is 11.1 Å². The van der Waals surface area contributed by atoms with Gasteiger partial charge >= 0.3 is 0 Å². The number of hydrogen-bond donors (Lipinski definition) is 0. The molecule has 27 heavy (non-hydrogen) atoms. The van der Waals surface area contributed by atoms with Crippen LogP contribution in [0, 0.1) is 5.92 Å². The maximum Gasteiger partial charge on any atom is 0.227 e. The van der Waals surface area contributed by atoms with Crippen LogP contribution < -0.4 is 4.90 Å². The normalized spacial score (nSPS) is 17.4. The van der Waals surface area contributed by atoms with Crippen molar-refractivity contribution in [2.75, 3.05) is 11.4 Å². The molecular weight excluding hydrogens is 334 g/mol. The van der Waals surface area contributed by atoms with Crippen molar-refractivity contribution < 1.29 is 4.79 Å². The van der Waals surface area contributed by atoms with Gasteiger partial charge in [0.2, 0.25) is 5.91 Å². The first-order valence-corrected chi connectivity index (χ1v) is 9.91. The predicted octanol–water partition coefficient (Wildman–Crippen LogP) is 4.78. The first-order valence-electron chi connectivity index (χ1n) is 9.91. The zero-order chi connectivity index (χ0) is 19.0. The summed E-state index contributed by atoms with van der Waals surface area (Å²) >= 11 is 0. The number of para-hydroxylation sites is 2. The first-order chi connectivity index (χ1) is 13.1. The SMILES string of the molecule is CCc1ccc(N2C[C@@H](c3nc4ccccc4n3CC(C)C)CC2=O)cc1. The minimum Gasteiger partial charge on any atom is -0.327 e. The molecule has 1 aliphatic heterocycles. The number of benzene rings is 2. The van der Waals surface area contributed by atoms with Gasteiger partial charge in [-0.3, -0.25) is 4.79 Å². The molecule has 3 aromatic rings. The molecule has 2 aromatic carbocycles. The molecule has 4 heteroatoms. The molecule has 4 nitrogen and oxygen atoms in total. The quantitative estimate of drug-likeness (QED) is 0.656. The van der Waals surface area contributed by atoms with E-state index in [2.05, 4.69) is 67.8 Å². The van der Waals surface area contributed by atoms with Gasteiger partial charge in [0.05, 0.1) is 11.0 Å². The van der Waals surface area contributed by atoms with Crippen LogP contribution in [0.15, 0.2) is 48.5 Å². The second kappa shape index (κ2) is 7.18. The number of carbonyl (C=O) groups excluding carboxylic acids is 1. The fraction of sp³-hybridized carbons (Fsp3) is 0.391. The molecule has 2 heterocycles. The number of fused-ring (bicyclic) bond motifs is 1. The minimum absolute atomic E-state index is 0.134. The maximum absolute atomic E-state index is 12.8. The molecule has 1 aromatic heterocycles. The average molecular weight is 361 g/mol. The number of anilines is 1. The Morgan fingerprint density at radius 3 is 2.56 bits per heavy atom. The molecular formula is C23H27N3O. The number of nitrogens with zero attached hydrogens (tertiary/aromatic N) is 3. The van der Waals surface area contributed by atoms with E-state index in [-0.39, 0.29) is 11.8 Å². The molecule has 0 saturated carbocycles. The van der Waals surface area contributed by atoms with Crippen molar-refractivity contribution in [3.63, 3.8) is 0 Å². The molecule has 0 radical (unpaired) electrons. The van der Waals surface area contributed by atoms with Crippen LogP contribution in [0.3, 0.4) is 0 Å². The van der Waals surface area contributed by atoms with Gasteiger partial charge in [0.1, 0.15) is 5.82 Å². The topological polar surface area (TPSA) is 38.1 Å². The van der Waals surface area contributed by atoms with Crippen molar-refractivity contribution in [2.45, 2.75) is 46.1 Å². The van der Waals surface area contributed by atoms with Gasteiger partial charge in [-0.05, 0) is 42.2 Å². The van der Waals surface area contributed by atoms with Crippen molar-refractivity contribution in [3.8, 4) is 0 Å². The van der Waals surface area contributed by atoms with Gasteiger partial charge in [-0.2, -0.15) is 0 Å². The number of aromatic nitrogens is 2. The smallest absolute Gasteiger partial charge is 0.227 e. The largest absolute Gasteiger partial charge is 0.327 e. The fourth-order valence-electron chi connectivity index (χ4n) is 4.00. The second-order valence-electron chi connectivity index (χ2n) is 7.89. The molecule has 0 bridgehead atoms. The molecule has 1 amide bonds.